The molecule has 0 saturated carbocycles. The highest BCUT2D eigenvalue weighted by Gasteiger charge is 2.20. The fourth-order valence-electron chi connectivity index (χ4n) is 1.55. The Bertz CT molecular complexity index is 380. The van der Waals surface area contributed by atoms with Gasteiger partial charge in [0.1, 0.15) is 0 Å². The molecule has 3 N–H and O–H groups in total. The highest BCUT2D eigenvalue weighted by molar-refractivity contribution is 7.11. The molecule has 0 aliphatic rings. The molecule has 6 heteroatoms. The van der Waals surface area contributed by atoms with E-state index in [9.17, 15) is 0 Å². The number of nitrogens with two attached hydrogens (primary N) is 1. The minimum atomic E-state index is 0.0728. The molecule has 1 aromatic rings. The molecular formula is C13H25N3O2S. The highest BCUT2D eigenvalue weighted by Crippen LogP contribution is 2.36. The number of nitrogen functional groups attached to an aromatic ring is 1. The van der Waals surface area contributed by atoms with E-state index in [1.54, 1.807) is 0 Å². The van der Waals surface area contributed by atoms with Gasteiger partial charge in [-0.2, -0.15) is 4.37 Å². The lowest BCUT2D eigenvalue weighted by Crippen LogP contribution is -2.30. The summed E-state index contributed by atoms with van der Waals surface area (Å²) in [6, 6.07) is 0.217. The van der Waals surface area contributed by atoms with Crippen LogP contribution in [0, 0.1) is 5.92 Å². The quantitative estimate of drug-likeness (QED) is 0.769. The Kier molecular flexibility index (Phi) is 6.37. The van der Waals surface area contributed by atoms with E-state index in [0.717, 1.165) is 5.00 Å². The van der Waals surface area contributed by atoms with Gasteiger partial charge in [-0.15, -0.1) is 0 Å². The lowest BCUT2D eigenvalue weighted by atomic mass is 10.1. The maximum Gasteiger partial charge on any atom is 0.197 e. The summed E-state index contributed by atoms with van der Waals surface area (Å²) in [7, 11) is 0. The molecule has 1 atom stereocenters. The SMILES string of the molecule is CCOCC(Nc1snc(N)c1OC(C)C)C(C)C. The molecule has 5 nitrogen and oxygen atoms in total. The van der Waals surface area contributed by atoms with Crippen LogP contribution >= 0.6 is 11.5 Å². The molecule has 0 spiro atoms. The van der Waals surface area contributed by atoms with Crippen LogP contribution in [-0.2, 0) is 4.74 Å². The van der Waals surface area contributed by atoms with Crippen LogP contribution in [0.3, 0.4) is 0 Å². The topological polar surface area (TPSA) is 69.4 Å². The summed E-state index contributed by atoms with van der Waals surface area (Å²) in [5.74, 6) is 1.55. The van der Waals surface area contributed by atoms with Gasteiger partial charge in [-0.3, -0.25) is 0 Å². The Morgan fingerprint density at radius 3 is 2.53 bits per heavy atom. The Balaban J connectivity index is 2.78. The van der Waals surface area contributed by atoms with Crippen molar-refractivity contribution in [1.29, 1.82) is 0 Å². The second kappa shape index (κ2) is 7.55. The monoisotopic (exact) mass is 287 g/mol. The number of anilines is 2. The number of nitrogens with one attached hydrogen (secondary N) is 1. The van der Waals surface area contributed by atoms with Crippen molar-refractivity contribution in [2.24, 2.45) is 5.92 Å². The largest absolute Gasteiger partial charge is 0.484 e. The summed E-state index contributed by atoms with van der Waals surface area (Å²) in [6.07, 6.45) is 0.0728. The van der Waals surface area contributed by atoms with Gasteiger partial charge in [0.05, 0.1) is 18.8 Å². The number of ether oxygens (including phenoxy) is 2. The summed E-state index contributed by atoms with van der Waals surface area (Å²) >= 11 is 1.33. The smallest absolute Gasteiger partial charge is 0.197 e. The fraction of sp³-hybridized carbons (Fsp3) is 0.769. The van der Waals surface area contributed by atoms with E-state index in [-0.39, 0.29) is 12.1 Å². The third-order valence-corrected chi connectivity index (χ3v) is 3.42. The molecule has 0 radical (unpaired) electrons. The third-order valence-electron chi connectivity index (χ3n) is 2.65. The van der Waals surface area contributed by atoms with E-state index in [1.165, 1.54) is 11.5 Å². The van der Waals surface area contributed by atoms with Crippen molar-refractivity contribution < 1.29 is 9.47 Å². The third kappa shape index (κ3) is 4.87. The van der Waals surface area contributed by atoms with Gasteiger partial charge >= 0.3 is 0 Å². The molecule has 0 aliphatic heterocycles. The van der Waals surface area contributed by atoms with Crippen LogP contribution < -0.4 is 15.8 Å². The minimum Gasteiger partial charge on any atom is -0.484 e. The lowest BCUT2D eigenvalue weighted by molar-refractivity contribution is 0.126. The minimum absolute atomic E-state index is 0.0728. The van der Waals surface area contributed by atoms with Gasteiger partial charge in [-0.25, -0.2) is 0 Å². The van der Waals surface area contributed by atoms with Crippen LogP contribution in [0.1, 0.15) is 34.6 Å². The van der Waals surface area contributed by atoms with Crippen molar-refractivity contribution >= 4 is 22.4 Å². The van der Waals surface area contributed by atoms with Gasteiger partial charge in [0, 0.05) is 6.61 Å². The predicted octanol–water partition coefficient (Wildman–Crippen LogP) is 2.99. The van der Waals surface area contributed by atoms with Crippen LogP contribution in [0.25, 0.3) is 0 Å². The van der Waals surface area contributed by atoms with Crippen molar-refractivity contribution in [1.82, 2.24) is 4.37 Å². The maximum atomic E-state index is 5.84. The van der Waals surface area contributed by atoms with Gasteiger partial charge < -0.3 is 20.5 Å². The van der Waals surface area contributed by atoms with E-state index < -0.39 is 0 Å². The van der Waals surface area contributed by atoms with E-state index in [1.807, 2.05) is 20.8 Å². The molecule has 110 valence electrons. The number of hydrogen-bond donors (Lipinski definition) is 2. The van der Waals surface area contributed by atoms with E-state index >= 15 is 0 Å². The normalized spacial score (nSPS) is 13.0. The van der Waals surface area contributed by atoms with Gasteiger partial charge in [0.15, 0.2) is 16.6 Å². The molecule has 0 aliphatic carbocycles. The molecule has 0 fully saturated rings. The molecule has 1 aromatic heterocycles. The summed E-state index contributed by atoms with van der Waals surface area (Å²) in [6.45, 7) is 11.6. The average molecular weight is 287 g/mol. The molecule has 0 saturated heterocycles. The molecule has 1 unspecified atom stereocenters. The van der Waals surface area contributed by atoms with Crippen LogP contribution in [-0.4, -0.2) is 29.7 Å². The van der Waals surface area contributed by atoms with Crippen molar-refractivity contribution in [2.45, 2.75) is 46.8 Å². The zero-order valence-electron chi connectivity index (χ0n) is 12.4. The first-order valence-electron chi connectivity index (χ1n) is 6.71. The first-order chi connectivity index (χ1) is 8.95. The standard InChI is InChI=1S/C13H25N3O2S/c1-6-17-7-10(8(2)3)15-13-11(18-9(4)5)12(14)16-19-13/h8-10,15H,6-7H2,1-5H3,(H2,14,16). The van der Waals surface area contributed by atoms with Crippen molar-refractivity contribution in [3.8, 4) is 5.75 Å². The van der Waals surface area contributed by atoms with Crippen molar-refractivity contribution in [3.63, 3.8) is 0 Å². The Morgan fingerprint density at radius 1 is 1.32 bits per heavy atom. The van der Waals surface area contributed by atoms with E-state index in [0.29, 0.717) is 30.7 Å². The Hall–Kier alpha value is -1.01. The Labute approximate surface area is 119 Å². The number of nitrogens with zero attached hydrogens (tertiary/aromatic N) is 1. The highest BCUT2D eigenvalue weighted by atomic mass is 32.1. The van der Waals surface area contributed by atoms with Crippen LogP contribution in [0.4, 0.5) is 10.8 Å². The second-order valence-corrected chi connectivity index (χ2v) is 5.82. The molecule has 19 heavy (non-hydrogen) atoms. The first kappa shape index (κ1) is 16.0. The van der Waals surface area contributed by atoms with Gasteiger partial charge in [-0.05, 0) is 38.2 Å². The molecule has 1 heterocycles. The molecule has 0 aromatic carbocycles. The summed E-state index contributed by atoms with van der Waals surface area (Å²) in [5.41, 5.74) is 5.84. The van der Waals surface area contributed by atoms with Crippen LogP contribution in [0.2, 0.25) is 0 Å². The molecule has 0 amide bonds. The van der Waals surface area contributed by atoms with Gasteiger partial charge in [0.25, 0.3) is 0 Å². The summed E-state index contributed by atoms with van der Waals surface area (Å²) < 4.78 is 15.4. The maximum absolute atomic E-state index is 5.84. The molecule has 1 rings (SSSR count). The van der Waals surface area contributed by atoms with Crippen molar-refractivity contribution in [2.75, 3.05) is 24.3 Å². The Morgan fingerprint density at radius 2 is 2.00 bits per heavy atom. The number of hydrogen-bond acceptors (Lipinski definition) is 6. The van der Waals surface area contributed by atoms with E-state index in [4.69, 9.17) is 15.2 Å². The predicted molar refractivity (Wildman–Crippen MR) is 81.0 cm³/mol. The van der Waals surface area contributed by atoms with Gasteiger partial charge in [0.2, 0.25) is 0 Å². The molecular weight excluding hydrogens is 262 g/mol. The van der Waals surface area contributed by atoms with E-state index in [2.05, 4.69) is 23.5 Å². The summed E-state index contributed by atoms with van der Waals surface area (Å²) in [5, 5.41) is 4.31. The first-order valence-corrected chi connectivity index (χ1v) is 7.49. The average Bonchev–Trinajstić information content (AvgIpc) is 2.65. The zero-order chi connectivity index (χ0) is 14.4. The van der Waals surface area contributed by atoms with Gasteiger partial charge in [-0.1, -0.05) is 13.8 Å². The number of aromatic nitrogens is 1. The summed E-state index contributed by atoms with van der Waals surface area (Å²) in [4.78, 5) is 0. The molecule has 0 bridgehead atoms. The van der Waals surface area contributed by atoms with Crippen molar-refractivity contribution in [3.05, 3.63) is 0 Å². The zero-order valence-corrected chi connectivity index (χ0v) is 13.2. The fourth-order valence-corrected chi connectivity index (χ4v) is 2.26. The van der Waals surface area contributed by atoms with Crippen LogP contribution in [0.15, 0.2) is 0 Å². The lowest BCUT2D eigenvalue weighted by Gasteiger charge is -2.23. The van der Waals surface area contributed by atoms with Crippen LogP contribution in [0.5, 0.6) is 5.75 Å². The second-order valence-electron chi connectivity index (χ2n) is 5.05. The number of rotatable bonds is 8.